The highest BCUT2D eigenvalue weighted by Gasteiger charge is 2.36. The Morgan fingerprint density at radius 2 is 1.85 bits per heavy atom. The molecule has 0 bridgehead atoms. The fourth-order valence-corrected chi connectivity index (χ4v) is 5.27. The quantitative estimate of drug-likeness (QED) is 0.0673. The first-order valence-electron chi connectivity index (χ1n) is 11.5. The number of amides is 2. The number of methoxy groups -OCH3 is 1. The zero-order valence-electron chi connectivity index (χ0n) is 20.7. The van der Waals surface area contributed by atoms with E-state index in [1.807, 2.05) is 22.6 Å². The van der Waals surface area contributed by atoms with Gasteiger partial charge in [0.2, 0.25) is 0 Å². The molecule has 12 heteroatoms. The van der Waals surface area contributed by atoms with Crippen molar-refractivity contribution in [3.05, 3.63) is 95.9 Å². The molecule has 3 aromatic rings. The number of halogens is 1. The highest BCUT2D eigenvalue weighted by atomic mass is 127. The van der Waals surface area contributed by atoms with E-state index in [1.54, 1.807) is 49.4 Å². The van der Waals surface area contributed by atoms with E-state index in [2.05, 4.69) is 0 Å². The van der Waals surface area contributed by atoms with Gasteiger partial charge in [-0.25, -0.2) is 4.79 Å². The first kappa shape index (κ1) is 28.1. The summed E-state index contributed by atoms with van der Waals surface area (Å²) in [5, 5.41) is 10.8. The summed E-state index contributed by atoms with van der Waals surface area (Å²) in [7, 11) is 1.53. The summed E-state index contributed by atoms with van der Waals surface area (Å²) in [4.78, 5) is 50.3. The number of esters is 1. The molecular formula is C27H21IN2O8S. The van der Waals surface area contributed by atoms with Crippen molar-refractivity contribution >= 4 is 63.2 Å². The molecule has 0 saturated carbocycles. The van der Waals surface area contributed by atoms with Crippen molar-refractivity contribution in [2.75, 3.05) is 13.7 Å². The van der Waals surface area contributed by atoms with Crippen molar-refractivity contribution in [2.45, 2.75) is 13.5 Å². The Balaban J connectivity index is 1.58. The van der Waals surface area contributed by atoms with E-state index in [-0.39, 0.29) is 34.2 Å². The van der Waals surface area contributed by atoms with Gasteiger partial charge in [-0.1, -0.05) is 18.2 Å². The SMILES string of the molecule is CCOc1cc(/C=C2\SC(=O)N(Cc3ccccc3[N+](=O)[O-])C2=O)cc(I)c1OC(=O)c1ccc(OC)cc1. The van der Waals surface area contributed by atoms with Crippen LogP contribution in [0.5, 0.6) is 17.2 Å². The largest absolute Gasteiger partial charge is 0.497 e. The fraction of sp³-hybridized carbons (Fsp3) is 0.148. The van der Waals surface area contributed by atoms with Crippen molar-refractivity contribution < 1.29 is 33.5 Å². The summed E-state index contributed by atoms with van der Waals surface area (Å²) in [6.07, 6.45) is 1.53. The number of nitro groups is 1. The number of hydrogen-bond donors (Lipinski definition) is 0. The number of rotatable bonds is 9. The smallest absolute Gasteiger partial charge is 0.343 e. The zero-order valence-corrected chi connectivity index (χ0v) is 23.7. The van der Waals surface area contributed by atoms with Crippen molar-refractivity contribution in [2.24, 2.45) is 0 Å². The number of carbonyl (C=O) groups excluding carboxylic acids is 3. The van der Waals surface area contributed by atoms with Crippen molar-refractivity contribution in [1.82, 2.24) is 4.90 Å². The maximum atomic E-state index is 13.1. The van der Waals surface area contributed by atoms with Gasteiger partial charge in [0.05, 0.1) is 39.2 Å². The van der Waals surface area contributed by atoms with Gasteiger partial charge in [0.15, 0.2) is 11.5 Å². The average molecular weight is 660 g/mol. The normalized spacial score (nSPS) is 14.0. The summed E-state index contributed by atoms with van der Waals surface area (Å²) < 4.78 is 17.0. The van der Waals surface area contributed by atoms with Crippen LogP contribution >= 0.6 is 34.4 Å². The molecule has 0 aromatic heterocycles. The van der Waals surface area contributed by atoms with Gasteiger partial charge in [0.1, 0.15) is 5.75 Å². The van der Waals surface area contributed by atoms with Gasteiger partial charge < -0.3 is 14.2 Å². The molecule has 1 saturated heterocycles. The van der Waals surface area contributed by atoms with E-state index in [4.69, 9.17) is 14.2 Å². The van der Waals surface area contributed by atoms with Crippen molar-refractivity contribution in [3.8, 4) is 17.2 Å². The van der Waals surface area contributed by atoms with E-state index >= 15 is 0 Å². The molecular weight excluding hydrogens is 639 g/mol. The average Bonchev–Trinajstić information content (AvgIpc) is 3.18. The van der Waals surface area contributed by atoms with Crippen LogP contribution < -0.4 is 14.2 Å². The van der Waals surface area contributed by atoms with Crippen LogP contribution in [0.4, 0.5) is 10.5 Å². The summed E-state index contributed by atoms with van der Waals surface area (Å²) >= 11 is 2.74. The van der Waals surface area contributed by atoms with E-state index in [0.29, 0.717) is 27.1 Å². The standard InChI is InChI=1S/C27H21IN2O8S/c1-3-37-22-13-16(12-20(28)24(22)38-26(32)17-8-10-19(36-2)11-9-17)14-23-25(31)29(27(33)39-23)15-18-6-4-5-7-21(18)30(34)35/h4-14H,3,15H2,1-2H3/b23-14-. The van der Waals surface area contributed by atoms with Gasteiger partial charge in [-0.05, 0) is 89.3 Å². The highest BCUT2D eigenvalue weighted by molar-refractivity contribution is 14.1. The monoisotopic (exact) mass is 660 g/mol. The van der Waals surface area contributed by atoms with Gasteiger partial charge in [0, 0.05) is 11.6 Å². The van der Waals surface area contributed by atoms with E-state index < -0.39 is 22.0 Å². The van der Waals surface area contributed by atoms with Crippen LogP contribution in [0.25, 0.3) is 6.08 Å². The Morgan fingerprint density at radius 3 is 2.51 bits per heavy atom. The minimum absolute atomic E-state index is 0.153. The minimum Gasteiger partial charge on any atom is -0.497 e. The first-order valence-corrected chi connectivity index (χ1v) is 13.4. The molecule has 1 aliphatic heterocycles. The molecule has 0 radical (unpaired) electrons. The van der Waals surface area contributed by atoms with Crippen LogP contribution in [0.1, 0.15) is 28.4 Å². The van der Waals surface area contributed by atoms with Gasteiger partial charge in [-0.2, -0.15) is 0 Å². The van der Waals surface area contributed by atoms with Crippen LogP contribution in [0, 0.1) is 13.7 Å². The number of thioether (sulfide) groups is 1. The molecule has 10 nitrogen and oxygen atoms in total. The maximum Gasteiger partial charge on any atom is 0.343 e. The molecule has 1 fully saturated rings. The molecule has 1 aliphatic rings. The van der Waals surface area contributed by atoms with Gasteiger partial charge in [-0.3, -0.25) is 24.6 Å². The summed E-state index contributed by atoms with van der Waals surface area (Å²) in [6, 6.07) is 15.7. The lowest BCUT2D eigenvalue weighted by molar-refractivity contribution is -0.385. The molecule has 0 N–H and O–H groups in total. The second kappa shape index (κ2) is 12.3. The number of hydrogen-bond acceptors (Lipinski definition) is 9. The van der Waals surface area contributed by atoms with Crippen LogP contribution in [0.15, 0.2) is 65.6 Å². The number of benzene rings is 3. The first-order chi connectivity index (χ1) is 18.7. The van der Waals surface area contributed by atoms with Crippen molar-refractivity contribution in [3.63, 3.8) is 0 Å². The molecule has 39 heavy (non-hydrogen) atoms. The number of nitro benzene ring substituents is 1. The topological polar surface area (TPSA) is 125 Å². The van der Waals surface area contributed by atoms with Gasteiger partial charge >= 0.3 is 5.97 Å². The van der Waals surface area contributed by atoms with Gasteiger partial charge in [0.25, 0.3) is 16.8 Å². The molecule has 4 rings (SSSR count). The Kier molecular flexibility index (Phi) is 8.86. The third kappa shape index (κ3) is 6.40. The number of ether oxygens (including phenoxy) is 3. The fourth-order valence-electron chi connectivity index (χ4n) is 3.69. The van der Waals surface area contributed by atoms with E-state index in [0.717, 1.165) is 16.7 Å². The van der Waals surface area contributed by atoms with Crippen LogP contribution in [0.2, 0.25) is 0 Å². The molecule has 0 spiro atoms. The lowest BCUT2D eigenvalue weighted by Crippen LogP contribution is -2.27. The maximum absolute atomic E-state index is 13.1. The predicted molar refractivity (Wildman–Crippen MR) is 153 cm³/mol. The highest BCUT2D eigenvalue weighted by Crippen LogP contribution is 2.38. The van der Waals surface area contributed by atoms with Gasteiger partial charge in [-0.15, -0.1) is 0 Å². The minimum atomic E-state index is -0.583. The summed E-state index contributed by atoms with van der Waals surface area (Å²) in [6.45, 7) is 1.85. The van der Waals surface area contributed by atoms with E-state index in [1.165, 1.54) is 31.4 Å². The molecule has 200 valence electrons. The second-order valence-electron chi connectivity index (χ2n) is 8.03. The van der Waals surface area contributed by atoms with Crippen LogP contribution in [0.3, 0.4) is 0 Å². The lowest BCUT2D eigenvalue weighted by atomic mass is 10.1. The number of nitrogens with zero attached hydrogens (tertiary/aromatic N) is 2. The Morgan fingerprint density at radius 1 is 1.13 bits per heavy atom. The van der Waals surface area contributed by atoms with Crippen LogP contribution in [-0.2, 0) is 11.3 Å². The Hall–Kier alpha value is -3.91. The molecule has 0 unspecified atom stereocenters. The summed E-state index contributed by atoms with van der Waals surface area (Å²) in [5.74, 6) is -0.0324. The molecule has 3 aromatic carbocycles. The number of para-hydroxylation sites is 1. The third-order valence-corrected chi connectivity index (χ3v) is 7.25. The Labute approximate surface area is 241 Å². The van der Waals surface area contributed by atoms with Crippen LogP contribution in [-0.4, -0.2) is 40.7 Å². The second-order valence-corrected chi connectivity index (χ2v) is 10.2. The van der Waals surface area contributed by atoms with E-state index in [9.17, 15) is 24.5 Å². The molecule has 2 amide bonds. The number of imide groups is 1. The number of carbonyl (C=O) groups is 3. The third-order valence-electron chi connectivity index (χ3n) is 5.54. The molecule has 0 atom stereocenters. The molecule has 0 aliphatic carbocycles. The lowest BCUT2D eigenvalue weighted by Gasteiger charge is -2.14. The molecule has 1 heterocycles. The zero-order chi connectivity index (χ0) is 28.1. The Bertz CT molecular complexity index is 1490. The predicted octanol–water partition coefficient (Wildman–Crippen LogP) is 6.06. The van der Waals surface area contributed by atoms with Crippen molar-refractivity contribution in [1.29, 1.82) is 0 Å². The summed E-state index contributed by atoms with van der Waals surface area (Å²) in [5.41, 5.74) is 0.951.